The highest BCUT2D eigenvalue weighted by atomic mass is 32.2. The van der Waals surface area contributed by atoms with Gasteiger partial charge in [-0.1, -0.05) is 76.7 Å². The summed E-state index contributed by atoms with van der Waals surface area (Å²) in [5.41, 5.74) is 0. The van der Waals surface area contributed by atoms with Gasteiger partial charge in [0.2, 0.25) is 0 Å². The van der Waals surface area contributed by atoms with Crippen molar-refractivity contribution in [2.45, 2.75) is 165 Å². The van der Waals surface area contributed by atoms with E-state index in [-0.39, 0.29) is 37.5 Å². The summed E-state index contributed by atoms with van der Waals surface area (Å²) in [6, 6.07) is -0.857. The number of likely N-dealkylation sites (N-methyl/N-ethyl adjacent to an activating group) is 1. The molecule has 0 radical (unpaired) electrons. The van der Waals surface area contributed by atoms with Crippen molar-refractivity contribution in [1.29, 1.82) is 0 Å². The highest BCUT2D eigenvalue weighted by Crippen LogP contribution is 2.47. The topological polar surface area (TPSA) is 249 Å². The number of esters is 2. The Kier molecular flexibility index (Phi) is 26.5. The molecule has 352 valence electrons. The summed E-state index contributed by atoms with van der Waals surface area (Å²) in [5, 5.41) is 19.1. The lowest BCUT2D eigenvalue weighted by molar-refractivity contribution is -0.870. The molecule has 20 heteroatoms. The molecular weight excluding hydrogens is 827 g/mol. The number of phosphoric acid groups is 1. The van der Waals surface area contributed by atoms with E-state index in [2.05, 4.69) is 0 Å². The molecule has 7 atom stereocenters. The van der Waals surface area contributed by atoms with Crippen LogP contribution in [0.1, 0.15) is 129 Å². The number of carbonyl (C=O) groups excluding carboxylic acids is 2. The Morgan fingerprint density at radius 3 is 2.17 bits per heavy atom. The minimum Gasteiger partial charge on any atom is -0.606 e. The van der Waals surface area contributed by atoms with Gasteiger partial charge in [0.25, 0.3) is 0 Å². The first-order valence-corrected chi connectivity index (χ1v) is 24.7. The number of quaternary nitrogens is 1. The van der Waals surface area contributed by atoms with Gasteiger partial charge in [-0.25, -0.2) is 4.79 Å². The molecule has 2 fully saturated rings. The number of fused-ring (bicyclic) bond motifs is 2. The summed E-state index contributed by atoms with van der Waals surface area (Å²) in [6.45, 7) is 1.02. The van der Waals surface area contributed by atoms with Gasteiger partial charge in [-0.3, -0.25) is 9.35 Å². The Hall–Kier alpha value is -1.42. The monoisotopic (exact) mass is 903 g/mol. The summed E-state index contributed by atoms with van der Waals surface area (Å²) >= 11 is 0. The van der Waals surface area contributed by atoms with Crippen LogP contribution in [0, 0.1) is 0 Å². The minimum absolute atomic E-state index is 0.00545. The van der Waals surface area contributed by atoms with Gasteiger partial charge >= 0.3 is 30.4 Å². The Bertz CT molecular complexity index is 1340. The number of phosphoric ester groups is 1. The van der Waals surface area contributed by atoms with Gasteiger partial charge in [0.15, 0.2) is 5.79 Å². The number of aliphatic hydroxyl groups excluding tert-OH is 2. The van der Waals surface area contributed by atoms with E-state index in [0.29, 0.717) is 36.9 Å². The maximum absolute atomic E-state index is 12.1. The number of aliphatic hydroxyl groups is 2. The standard InChI is InChI=1S/C40H75N2O16PS/c1-33(44)56-36-23-25-40(24-19-15-10-8-6-5-7-9-11-16-20-27-52-30-34(29-43)41-60(49,50)51)57-37(39(36)58-40)21-17-13-12-14-18-22-38(46)53-31-35(45)32-55-59(47,48)54-28-26-42(2,3)4/h18,22,34-37,39,41,43,45H,5-17,19-21,23-32H2,1-4H3,(H-,47,48,49,50,51)/p+1/b22-18+/t34?,35-,36-,37-,39+,40+/m1/s1. The van der Waals surface area contributed by atoms with Gasteiger partial charge in [-0.15, -0.1) is 0 Å². The number of carbonyl (C=O) groups is 2. The number of nitrogens with one attached hydrogen (secondary N) is 1. The van der Waals surface area contributed by atoms with Crippen LogP contribution in [0.15, 0.2) is 12.2 Å². The SMILES string of the molecule is CC(=O)O[C@@H]1CC[C@]2(CCCCCCCCCCCCCOCC(CO)NS(=O)(=O)O)O[C@@H]1[C@@H](CCCCC/C=C/C(=O)OC[C@@H](O)CO[P+]([O-])(O)OCC[N+](C)(C)C)O2. The molecule has 2 saturated heterocycles. The van der Waals surface area contributed by atoms with Gasteiger partial charge in [0.05, 0.1) is 46.5 Å². The van der Waals surface area contributed by atoms with Crippen LogP contribution in [-0.2, 0) is 52.6 Å². The predicted molar refractivity (Wildman–Crippen MR) is 222 cm³/mol. The summed E-state index contributed by atoms with van der Waals surface area (Å²) in [5.74, 6) is -1.59. The number of allylic oxidation sites excluding steroid dienone is 1. The Morgan fingerprint density at radius 1 is 0.917 bits per heavy atom. The average molecular weight is 904 g/mol. The number of ether oxygens (including phenoxy) is 5. The van der Waals surface area contributed by atoms with E-state index in [1.807, 2.05) is 25.9 Å². The smallest absolute Gasteiger partial charge is 0.377 e. The zero-order valence-electron chi connectivity index (χ0n) is 36.4. The molecule has 0 aliphatic carbocycles. The Balaban J connectivity index is 1.55. The lowest BCUT2D eigenvalue weighted by atomic mass is 9.94. The summed E-state index contributed by atoms with van der Waals surface area (Å²) < 4.78 is 71.8. The molecule has 0 amide bonds. The van der Waals surface area contributed by atoms with Gasteiger partial charge in [0.1, 0.15) is 44.7 Å². The second kappa shape index (κ2) is 29.1. The van der Waals surface area contributed by atoms with Crippen molar-refractivity contribution in [2.24, 2.45) is 0 Å². The molecule has 0 aromatic carbocycles. The van der Waals surface area contributed by atoms with Crippen molar-refractivity contribution in [3.05, 3.63) is 12.2 Å². The van der Waals surface area contributed by atoms with E-state index in [9.17, 15) is 32.9 Å². The first-order valence-electron chi connectivity index (χ1n) is 21.7. The maximum Gasteiger partial charge on any atom is 0.377 e. The van der Waals surface area contributed by atoms with Crippen LogP contribution in [0.3, 0.4) is 0 Å². The molecule has 0 saturated carbocycles. The van der Waals surface area contributed by atoms with E-state index in [4.69, 9.17) is 42.4 Å². The number of hydrogen-bond acceptors (Lipinski definition) is 15. The van der Waals surface area contributed by atoms with Crippen molar-refractivity contribution in [2.75, 3.05) is 67.3 Å². The molecule has 60 heavy (non-hydrogen) atoms. The third kappa shape index (κ3) is 26.3. The largest absolute Gasteiger partial charge is 0.606 e. The van der Waals surface area contributed by atoms with Crippen LogP contribution in [-0.4, -0.2) is 148 Å². The second-order valence-electron chi connectivity index (χ2n) is 17.0. The maximum atomic E-state index is 12.1. The number of nitrogens with zero attached hydrogens (tertiary/aromatic N) is 1. The molecule has 2 aliphatic rings. The van der Waals surface area contributed by atoms with E-state index < -0.39 is 62.2 Å². The van der Waals surface area contributed by atoms with Gasteiger partial charge in [-0.05, 0) is 38.5 Å². The number of rotatable bonds is 36. The second-order valence-corrected chi connectivity index (χ2v) is 19.6. The molecule has 0 aromatic rings. The molecule has 5 N–H and O–H groups in total. The Morgan fingerprint density at radius 2 is 1.55 bits per heavy atom. The molecule has 2 rings (SSSR count). The van der Waals surface area contributed by atoms with Crippen molar-refractivity contribution in [1.82, 2.24) is 4.72 Å². The quantitative estimate of drug-likeness (QED) is 0.0150. The van der Waals surface area contributed by atoms with Crippen molar-refractivity contribution in [3.63, 3.8) is 0 Å². The van der Waals surface area contributed by atoms with Gasteiger partial charge < -0.3 is 43.3 Å². The normalized spacial score (nSPS) is 22.8. The predicted octanol–water partition coefficient (Wildman–Crippen LogP) is 3.82. The number of hydrogen-bond donors (Lipinski definition) is 5. The van der Waals surface area contributed by atoms with Crippen LogP contribution in [0.5, 0.6) is 0 Å². The van der Waals surface area contributed by atoms with Crippen LogP contribution in [0.25, 0.3) is 0 Å². The first-order chi connectivity index (χ1) is 28.3. The lowest BCUT2D eigenvalue weighted by Gasteiger charge is -2.35. The molecule has 2 unspecified atom stereocenters. The van der Waals surface area contributed by atoms with E-state index >= 15 is 0 Å². The molecular formula is C40H76N2O16PS+. The highest BCUT2D eigenvalue weighted by molar-refractivity contribution is 7.83. The van der Waals surface area contributed by atoms with E-state index in [1.54, 1.807) is 6.08 Å². The molecule has 18 nitrogen and oxygen atoms in total. The molecule has 0 spiro atoms. The Labute approximate surface area is 358 Å². The molecule has 2 bridgehead atoms. The van der Waals surface area contributed by atoms with E-state index in [1.165, 1.54) is 38.7 Å². The first kappa shape index (κ1) is 54.7. The average Bonchev–Trinajstić information content (AvgIpc) is 3.45. The van der Waals surface area contributed by atoms with Crippen molar-refractivity contribution < 1.29 is 79.8 Å². The molecule has 2 heterocycles. The molecule has 2 aliphatic heterocycles. The lowest BCUT2D eigenvalue weighted by Crippen LogP contribution is -2.43. The van der Waals surface area contributed by atoms with Gasteiger partial charge in [-0.2, -0.15) is 27.1 Å². The van der Waals surface area contributed by atoms with Crippen LogP contribution >= 0.6 is 8.17 Å². The fourth-order valence-corrected chi connectivity index (χ4v) is 8.41. The zero-order valence-corrected chi connectivity index (χ0v) is 38.1. The number of unbranched alkanes of at least 4 members (excludes halogenated alkanes) is 13. The van der Waals surface area contributed by atoms with Crippen molar-refractivity contribution in [3.8, 4) is 0 Å². The van der Waals surface area contributed by atoms with Crippen molar-refractivity contribution >= 4 is 30.4 Å². The summed E-state index contributed by atoms with van der Waals surface area (Å²) in [7, 11) is -2.97. The minimum atomic E-state index is -4.37. The highest BCUT2D eigenvalue weighted by Gasteiger charge is 2.54. The van der Waals surface area contributed by atoms with Crippen LogP contribution in [0.2, 0.25) is 0 Å². The zero-order chi connectivity index (χ0) is 44.5. The fraction of sp³-hybridized carbons (Fsp3) is 0.900. The third-order valence-corrected chi connectivity index (χ3v) is 11.9. The van der Waals surface area contributed by atoms with Crippen LogP contribution < -0.4 is 9.62 Å². The summed E-state index contributed by atoms with van der Waals surface area (Å²) in [4.78, 5) is 45.6. The third-order valence-electron chi connectivity index (χ3n) is 10.3. The van der Waals surface area contributed by atoms with Gasteiger partial charge in [0, 0.05) is 32.4 Å². The van der Waals surface area contributed by atoms with Crippen LogP contribution in [0.4, 0.5) is 0 Å². The molecule has 0 aromatic heterocycles. The fourth-order valence-electron chi connectivity index (χ4n) is 7.10. The van der Waals surface area contributed by atoms with E-state index in [0.717, 1.165) is 77.0 Å². The summed E-state index contributed by atoms with van der Waals surface area (Å²) in [6.07, 6.45) is 19.4.